The number of benzene rings is 2. The lowest BCUT2D eigenvalue weighted by molar-refractivity contribution is -0.163. The number of carbonyl (C=O) groups is 1. The van der Waals surface area contributed by atoms with Gasteiger partial charge in [-0.2, -0.15) is 4.31 Å². The first-order valence-corrected chi connectivity index (χ1v) is 15.6. The number of nitrogens with zero attached hydrogens (tertiary/aromatic N) is 1. The van der Waals surface area contributed by atoms with Crippen molar-refractivity contribution in [1.29, 1.82) is 0 Å². The molecule has 1 aliphatic heterocycles. The van der Waals surface area contributed by atoms with Gasteiger partial charge in [0.1, 0.15) is 11.9 Å². The second-order valence-electron chi connectivity index (χ2n) is 11.5. The van der Waals surface area contributed by atoms with Crippen LogP contribution in [0.4, 0.5) is 4.79 Å². The molecule has 1 amide bonds. The van der Waals surface area contributed by atoms with Crippen LogP contribution in [0.3, 0.4) is 0 Å². The summed E-state index contributed by atoms with van der Waals surface area (Å²) in [6.07, 6.45) is -2.26. The van der Waals surface area contributed by atoms with Gasteiger partial charge < -0.3 is 29.7 Å². The van der Waals surface area contributed by atoms with Gasteiger partial charge in [0.05, 0.1) is 30.8 Å². The van der Waals surface area contributed by atoms with Gasteiger partial charge in [0.2, 0.25) is 10.0 Å². The van der Waals surface area contributed by atoms with Crippen molar-refractivity contribution in [3.63, 3.8) is 0 Å². The van der Waals surface area contributed by atoms with Gasteiger partial charge in [-0.15, -0.1) is 0 Å². The highest BCUT2D eigenvalue weighted by Gasteiger charge is 2.50. The van der Waals surface area contributed by atoms with Gasteiger partial charge in [-0.1, -0.05) is 51.1 Å². The maximum absolute atomic E-state index is 13.6. The van der Waals surface area contributed by atoms with E-state index < -0.39 is 40.7 Å². The molecule has 2 aromatic rings. The Morgan fingerprint density at radius 2 is 1.80 bits per heavy atom. The van der Waals surface area contributed by atoms with Crippen LogP contribution in [0.1, 0.15) is 32.8 Å². The number of ether oxygens (including phenoxy) is 3. The summed E-state index contributed by atoms with van der Waals surface area (Å²) in [7, 11) is -2.45. The fourth-order valence-electron chi connectivity index (χ4n) is 5.83. The van der Waals surface area contributed by atoms with Crippen LogP contribution < -0.4 is 10.1 Å². The van der Waals surface area contributed by atoms with E-state index >= 15 is 0 Å². The lowest BCUT2D eigenvalue weighted by Crippen LogP contribution is -2.51. The molecule has 0 spiro atoms. The Bertz CT molecular complexity index is 1240. The minimum absolute atomic E-state index is 0.0125. The SMILES string of the molecule is COc1ccc(S(=O)(=O)N(CC(C)C)C[C@@H](O)[C@H](Cc2ccccc2)NC(=O)OC2C3COC(O)C(C3)C2C)cc1. The normalized spacial score (nSPS) is 25.6. The summed E-state index contributed by atoms with van der Waals surface area (Å²) in [6.45, 7) is 6.00. The van der Waals surface area contributed by atoms with E-state index in [1.54, 1.807) is 12.1 Å². The molecule has 4 rings (SSSR count). The van der Waals surface area contributed by atoms with E-state index in [1.807, 2.05) is 51.1 Å². The van der Waals surface area contributed by atoms with Crippen molar-refractivity contribution in [2.45, 2.75) is 63.0 Å². The van der Waals surface area contributed by atoms with E-state index in [2.05, 4.69) is 5.32 Å². The Morgan fingerprint density at radius 1 is 1.12 bits per heavy atom. The molecule has 1 heterocycles. The molecular weight excluding hydrogens is 548 g/mol. The third kappa shape index (κ3) is 7.58. The molecule has 11 heteroatoms. The number of hydrogen-bond donors (Lipinski definition) is 3. The Labute approximate surface area is 242 Å². The molecule has 1 saturated carbocycles. The number of alkyl carbamates (subject to hydrolysis) is 1. The molecule has 0 aromatic heterocycles. The van der Waals surface area contributed by atoms with Crippen LogP contribution in [0.5, 0.6) is 5.75 Å². The summed E-state index contributed by atoms with van der Waals surface area (Å²) in [5.74, 6) is 0.313. The van der Waals surface area contributed by atoms with Crippen molar-refractivity contribution >= 4 is 16.1 Å². The van der Waals surface area contributed by atoms with Crippen molar-refractivity contribution in [1.82, 2.24) is 9.62 Å². The highest BCUT2D eigenvalue weighted by Crippen LogP contribution is 2.44. The summed E-state index contributed by atoms with van der Waals surface area (Å²) in [6, 6.07) is 14.6. The minimum atomic E-state index is -3.96. The van der Waals surface area contributed by atoms with Crippen molar-refractivity contribution in [2.24, 2.45) is 23.7 Å². The van der Waals surface area contributed by atoms with E-state index in [1.165, 1.54) is 23.5 Å². The second-order valence-corrected chi connectivity index (χ2v) is 13.4. The Kier molecular flexibility index (Phi) is 10.3. The fourth-order valence-corrected chi connectivity index (χ4v) is 7.45. The molecule has 226 valence electrons. The first-order valence-electron chi connectivity index (χ1n) is 14.1. The third-order valence-corrected chi connectivity index (χ3v) is 9.89. The van der Waals surface area contributed by atoms with Crippen LogP contribution in [0.25, 0.3) is 0 Å². The van der Waals surface area contributed by atoms with Gasteiger partial charge in [-0.25, -0.2) is 13.2 Å². The summed E-state index contributed by atoms with van der Waals surface area (Å²) >= 11 is 0. The van der Waals surface area contributed by atoms with E-state index in [0.29, 0.717) is 18.8 Å². The topological polar surface area (TPSA) is 135 Å². The van der Waals surface area contributed by atoms with Crippen LogP contribution in [-0.2, 0) is 25.9 Å². The summed E-state index contributed by atoms with van der Waals surface area (Å²) in [4.78, 5) is 13.3. The van der Waals surface area contributed by atoms with Gasteiger partial charge in [0, 0.05) is 30.8 Å². The highest BCUT2D eigenvalue weighted by molar-refractivity contribution is 7.89. The van der Waals surface area contributed by atoms with Crippen LogP contribution in [0.2, 0.25) is 0 Å². The smallest absolute Gasteiger partial charge is 0.407 e. The number of sulfonamides is 1. The van der Waals surface area contributed by atoms with E-state index in [9.17, 15) is 23.4 Å². The molecule has 41 heavy (non-hydrogen) atoms. The summed E-state index contributed by atoms with van der Waals surface area (Å²) in [5.41, 5.74) is 0.867. The first-order chi connectivity index (χ1) is 19.5. The monoisotopic (exact) mass is 590 g/mol. The van der Waals surface area contributed by atoms with Crippen molar-refractivity contribution in [3.05, 3.63) is 60.2 Å². The van der Waals surface area contributed by atoms with Gasteiger partial charge in [-0.3, -0.25) is 0 Å². The molecule has 10 nitrogen and oxygen atoms in total. The predicted molar refractivity (Wildman–Crippen MR) is 153 cm³/mol. The number of hydrogen-bond acceptors (Lipinski definition) is 8. The van der Waals surface area contributed by atoms with Crippen LogP contribution >= 0.6 is 0 Å². The van der Waals surface area contributed by atoms with Crippen LogP contribution in [-0.4, -0.2) is 80.4 Å². The van der Waals surface area contributed by atoms with Gasteiger partial charge in [0.25, 0.3) is 0 Å². The quantitative estimate of drug-likeness (QED) is 0.344. The number of aliphatic hydroxyl groups excluding tert-OH is 2. The summed E-state index contributed by atoms with van der Waals surface area (Å²) in [5, 5.41) is 24.4. The molecule has 0 radical (unpaired) electrons. The van der Waals surface area contributed by atoms with Crippen molar-refractivity contribution in [3.8, 4) is 5.75 Å². The Hall–Kier alpha value is -2.70. The zero-order valence-corrected chi connectivity index (χ0v) is 24.9. The standard InChI is InChI=1S/C30H42N2O8S/c1-19(2)16-32(41(36,37)24-12-10-23(38-4)11-13-24)17-27(33)26(14-21-8-6-5-7-9-21)31-30(35)40-28-20(3)25-15-22(28)18-39-29(25)34/h5-13,19-20,22,25-29,33-34H,14-18H2,1-4H3,(H,31,35)/t20?,22?,25?,26-,27+,28?,29?/m0/s1. The molecule has 3 N–H and O–H groups in total. The van der Waals surface area contributed by atoms with Crippen LogP contribution in [0.15, 0.2) is 59.5 Å². The molecule has 2 aromatic carbocycles. The minimum Gasteiger partial charge on any atom is -0.497 e. The van der Waals surface area contributed by atoms with E-state index in [-0.39, 0.29) is 48.1 Å². The molecular formula is C30H42N2O8S. The largest absolute Gasteiger partial charge is 0.497 e. The molecule has 5 unspecified atom stereocenters. The Balaban J connectivity index is 1.52. The number of nitrogens with one attached hydrogen (secondary N) is 1. The van der Waals surface area contributed by atoms with E-state index in [0.717, 1.165) is 5.56 Å². The number of fused-ring (bicyclic) bond motifs is 2. The average molecular weight is 591 g/mol. The third-order valence-electron chi connectivity index (χ3n) is 8.05. The molecule has 7 atom stereocenters. The Morgan fingerprint density at radius 3 is 2.41 bits per heavy atom. The van der Waals surface area contributed by atoms with Crippen LogP contribution in [0, 0.1) is 23.7 Å². The molecule has 1 aliphatic carbocycles. The lowest BCUT2D eigenvalue weighted by atomic mass is 9.96. The number of amides is 1. The second kappa shape index (κ2) is 13.5. The maximum Gasteiger partial charge on any atom is 0.407 e. The molecule has 2 fully saturated rings. The van der Waals surface area contributed by atoms with Gasteiger partial charge in [-0.05, 0) is 48.6 Å². The summed E-state index contributed by atoms with van der Waals surface area (Å²) < 4.78 is 45.0. The number of rotatable bonds is 12. The van der Waals surface area contributed by atoms with Crippen molar-refractivity contribution in [2.75, 3.05) is 26.8 Å². The highest BCUT2D eigenvalue weighted by atomic mass is 32.2. The zero-order chi connectivity index (χ0) is 29.7. The molecule has 2 aliphatic rings. The van der Waals surface area contributed by atoms with E-state index in [4.69, 9.17) is 14.2 Å². The number of methoxy groups -OCH3 is 1. The zero-order valence-electron chi connectivity index (χ0n) is 24.0. The maximum atomic E-state index is 13.6. The molecule has 2 bridgehead atoms. The van der Waals surface area contributed by atoms with Gasteiger partial charge >= 0.3 is 6.09 Å². The average Bonchev–Trinajstić information content (AvgIpc) is 3.20. The first kappa shape index (κ1) is 31.2. The predicted octanol–water partition coefficient (Wildman–Crippen LogP) is 3.03. The van der Waals surface area contributed by atoms with Crippen molar-refractivity contribution < 1.29 is 37.6 Å². The molecule has 1 saturated heterocycles. The number of carbonyl (C=O) groups excluding carboxylic acids is 1. The van der Waals surface area contributed by atoms with Gasteiger partial charge in [0.15, 0.2) is 6.29 Å². The lowest BCUT2D eigenvalue weighted by Gasteiger charge is -2.31. The number of aliphatic hydroxyl groups is 2. The fraction of sp³-hybridized carbons (Fsp3) is 0.567.